The highest BCUT2D eigenvalue weighted by atomic mass is 35.5. The molecule has 142 valence electrons. The summed E-state index contributed by atoms with van der Waals surface area (Å²) in [5, 5.41) is 3.37. The summed E-state index contributed by atoms with van der Waals surface area (Å²) < 4.78 is 1.85. The van der Waals surface area contributed by atoms with Crippen molar-refractivity contribution in [2.45, 2.75) is 6.54 Å². The van der Waals surface area contributed by atoms with Crippen molar-refractivity contribution < 1.29 is 4.79 Å². The summed E-state index contributed by atoms with van der Waals surface area (Å²) >= 11 is 7.55. The molecule has 10 heteroatoms. The molecule has 0 saturated carbocycles. The van der Waals surface area contributed by atoms with Gasteiger partial charge in [0.25, 0.3) is 5.91 Å². The van der Waals surface area contributed by atoms with Crippen LogP contribution in [0, 0.1) is 0 Å². The zero-order chi connectivity index (χ0) is 19.7. The van der Waals surface area contributed by atoms with Crippen molar-refractivity contribution in [3.8, 4) is 10.6 Å². The van der Waals surface area contributed by atoms with Crippen molar-refractivity contribution >= 4 is 51.8 Å². The molecule has 0 aliphatic rings. The van der Waals surface area contributed by atoms with Crippen LogP contribution in [-0.2, 0) is 6.54 Å². The average Bonchev–Trinajstić information content (AvgIpc) is 3.29. The van der Waals surface area contributed by atoms with Crippen LogP contribution in [0.1, 0.15) is 9.67 Å². The molecule has 0 unspecified atom stereocenters. The molecule has 0 bridgehead atoms. The molecule has 1 aromatic carbocycles. The summed E-state index contributed by atoms with van der Waals surface area (Å²) in [6.07, 6.45) is 1.58. The van der Waals surface area contributed by atoms with E-state index in [1.807, 2.05) is 22.8 Å². The minimum atomic E-state index is -0.275. The predicted octanol–water partition coefficient (Wildman–Crippen LogP) is 3.00. The Kier molecular flexibility index (Phi) is 4.95. The van der Waals surface area contributed by atoms with E-state index in [-0.39, 0.29) is 11.9 Å². The Morgan fingerprint density at radius 2 is 2.07 bits per heavy atom. The molecule has 3 aromatic heterocycles. The normalized spacial score (nSPS) is 11.1. The van der Waals surface area contributed by atoms with Crippen LogP contribution in [0.25, 0.3) is 21.6 Å². The van der Waals surface area contributed by atoms with Gasteiger partial charge in [-0.05, 0) is 30.3 Å². The lowest BCUT2D eigenvalue weighted by Crippen LogP contribution is -2.17. The van der Waals surface area contributed by atoms with Gasteiger partial charge in [-0.2, -0.15) is 0 Å². The summed E-state index contributed by atoms with van der Waals surface area (Å²) in [6.45, 7) is 0.904. The summed E-state index contributed by atoms with van der Waals surface area (Å²) in [6, 6.07) is 10.8. The number of para-hydroxylation sites is 1. The lowest BCUT2D eigenvalue weighted by molar-refractivity contribution is 0.102. The van der Waals surface area contributed by atoms with Crippen LogP contribution in [0.5, 0.6) is 0 Å². The average molecular weight is 414 g/mol. The van der Waals surface area contributed by atoms with Crippen LogP contribution >= 0.6 is 22.9 Å². The first-order valence-corrected chi connectivity index (χ1v) is 9.61. The Labute approximate surface area is 169 Å². The molecule has 8 nitrogen and oxygen atoms in total. The smallest absolute Gasteiger partial charge is 0.268 e. The summed E-state index contributed by atoms with van der Waals surface area (Å²) in [5.41, 5.74) is 13.5. The van der Waals surface area contributed by atoms with Gasteiger partial charge in [-0.25, -0.2) is 15.0 Å². The van der Waals surface area contributed by atoms with Gasteiger partial charge in [0.2, 0.25) is 11.9 Å². The first-order valence-electron chi connectivity index (χ1n) is 8.41. The number of hydrogen-bond acceptors (Lipinski definition) is 7. The Bertz CT molecular complexity index is 1170. The number of nitrogens with two attached hydrogens (primary N) is 2. The molecule has 0 aliphatic heterocycles. The van der Waals surface area contributed by atoms with Crippen LogP contribution in [0.15, 0.2) is 42.6 Å². The van der Waals surface area contributed by atoms with Crippen molar-refractivity contribution in [2.75, 3.05) is 17.6 Å². The molecule has 0 aliphatic carbocycles. The fraction of sp³-hybridized carbons (Fsp3) is 0.111. The van der Waals surface area contributed by atoms with E-state index in [0.717, 1.165) is 10.4 Å². The topological polar surface area (TPSA) is 125 Å². The minimum Gasteiger partial charge on any atom is -0.368 e. The van der Waals surface area contributed by atoms with Gasteiger partial charge in [-0.15, -0.1) is 11.3 Å². The number of rotatable bonds is 5. The zero-order valence-corrected chi connectivity index (χ0v) is 16.2. The molecule has 4 rings (SSSR count). The molecule has 0 fully saturated rings. The number of imidazole rings is 1. The molecule has 0 atom stereocenters. The number of hydrogen-bond donors (Lipinski definition) is 3. The Morgan fingerprint density at radius 1 is 1.21 bits per heavy atom. The molecule has 1 amide bonds. The van der Waals surface area contributed by atoms with Gasteiger partial charge in [0.15, 0.2) is 0 Å². The molecule has 28 heavy (non-hydrogen) atoms. The van der Waals surface area contributed by atoms with Crippen LogP contribution in [-0.4, -0.2) is 32.0 Å². The van der Waals surface area contributed by atoms with Crippen LogP contribution in [0.4, 0.5) is 11.9 Å². The number of fused-ring (bicyclic) bond motifs is 1. The number of nitrogens with one attached hydrogen (secondary N) is 1. The monoisotopic (exact) mass is 413 g/mol. The third-order valence-corrected chi connectivity index (χ3v) is 5.48. The molecule has 0 radical (unpaired) electrons. The second-order valence-corrected chi connectivity index (χ2v) is 7.39. The van der Waals surface area contributed by atoms with Crippen molar-refractivity contribution in [1.82, 2.24) is 19.5 Å². The van der Waals surface area contributed by atoms with Crippen molar-refractivity contribution in [3.05, 3.63) is 52.5 Å². The first-order chi connectivity index (χ1) is 13.6. The summed E-state index contributed by atoms with van der Waals surface area (Å²) in [7, 11) is 0. The number of amides is 1. The maximum atomic E-state index is 12.8. The fourth-order valence-electron chi connectivity index (χ4n) is 2.84. The maximum Gasteiger partial charge on any atom is 0.268 e. The van der Waals surface area contributed by atoms with E-state index in [1.54, 1.807) is 24.4 Å². The molecule has 4 aromatic rings. The third kappa shape index (κ3) is 3.42. The SMILES string of the molecule is NCCn1c(NC(=O)c2ccc(-c3ccnc(N)n3)s2)nc2c(Cl)cccc21. The number of carbonyl (C=O) groups is 1. The number of halogens is 1. The molecular weight excluding hydrogens is 398 g/mol. The Morgan fingerprint density at radius 3 is 2.86 bits per heavy atom. The largest absolute Gasteiger partial charge is 0.368 e. The van der Waals surface area contributed by atoms with Crippen LogP contribution in [0.2, 0.25) is 5.02 Å². The standard InChI is InChI=1S/C18H16ClN7OS/c19-10-2-1-3-12-15(10)24-18(26(12)9-7-20)25-16(27)14-5-4-13(28-14)11-6-8-22-17(21)23-11/h1-6,8H,7,9,20H2,(H2,21,22,23)(H,24,25,27). The van der Waals surface area contributed by atoms with E-state index in [2.05, 4.69) is 20.3 Å². The van der Waals surface area contributed by atoms with E-state index >= 15 is 0 Å². The van der Waals surface area contributed by atoms with Gasteiger partial charge in [0, 0.05) is 19.3 Å². The van der Waals surface area contributed by atoms with E-state index in [1.165, 1.54) is 11.3 Å². The Balaban J connectivity index is 1.64. The predicted molar refractivity (Wildman–Crippen MR) is 112 cm³/mol. The fourth-order valence-corrected chi connectivity index (χ4v) is 3.92. The van der Waals surface area contributed by atoms with Crippen molar-refractivity contribution in [1.29, 1.82) is 0 Å². The van der Waals surface area contributed by atoms with Crippen LogP contribution < -0.4 is 16.8 Å². The van der Waals surface area contributed by atoms with E-state index in [9.17, 15) is 4.79 Å². The highest BCUT2D eigenvalue weighted by Gasteiger charge is 2.17. The van der Waals surface area contributed by atoms with Gasteiger partial charge in [0.05, 0.1) is 26.0 Å². The second-order valence-electron chi connectivity index (χ2n) is 5.90. The second kappa shape index (κ2) is 7.55. The number of benzene rings is 1. The van der Waals surface area contributed by atoms with Crippen molar-refractivity contribution in [2.24, 2.45) is 5.73 Å². The molecular formula is C18H16ClN7OS. The zero-order valence-electron chi connectivity index (χ0n) is 14.6. The molecule has 0 saturated heterocycles. The lowest BCUT2D eigenvalue weighted by Gasteiger charge is -2.08. The molecule has 3 heterocycles. The molecule has 0 spiro atoms. The number of anilines is 2. The van der Waals surface area contributed by atoms with Gasteiger partial charge >= 0.3 is 0 Å². The van der Waals surface area contributed by atoms with Gasteiger partial charge < -0.3 is 16.0 Å². The van der Waals surface area contributed by atoms with Gasteiger partial charge in [0.1, 0.15) is 5.52 Å². The maximum absolute atomic E-state index is 12.8. The van der Waals surface area contributed by atoms with Gasteiger partial charge in [-0.1, -0.05) is 17.7 Å². The van der Waals surface area contributed by atoms with E-state index in [0.29, 0.717) is 40.1 Å². The number of thiophene rings is 1. The highest BCUT2D eigenvalue weighted by molar-refractivity contribution is 7.17. The van der Waals surface area contributed by atoms with Crippen molar-refractivity contribution in [3.63, 3.8) is 0 Å². The minimum absolute atomic E-state index is 0.185. The van der Waals surface area contributed by atoms with E-state index < -0.39 is 0 Å². The first kappa shape index (κ1) is 18.4. The van der Waals surface area contributed by atoms with Gasteiger partial charge in [-0.3, -0.25) is 10.1 Å². The number of nitrogens with zero attached hydrogens (tertiary/aromatic N) is 4. The Hall–Kier alpha value is -3.01. The van der Waals surface area contributed by atoms with Crippen LogP contribution in [0.3, 0.4) is 0 Å². The number of aromatic nitrogens is 4. The number of nitrogen functional groups attached to an aromatic ring is 1. The number of carbonyl (C=O) groups excluding carboxylic acids is 1. The lowest BCUT2D eigenvalue weighted by atomic mass is 10.3. The summed E-state index contributed by atoms with van der Waals surface area (Å²) in [5.74, 6) is 0.312. The third-order valence-electron chi connectivity index (χ3n) is 4.06. The highest BCUT2D eigenvalue weighted by Crippen LogP contribution is 2.29. The van der Waals surface area contributed by atoms with E-state index in [4.69, 9.17) is 23.1 Å². The summed E-state index contributed by atoms with van der Waals surface area (Å²) in [4.78, 5) is 26.6. The quantitative estimate of drug-likeness (QED) is 0.462. The molecule has 5 N–H and O–H groups in total.